The molecule has 0 aromatic heterocycles. The Morgan fingerprint density at radius 2 is 2.18 bits per heavy atom. The van der Waals surface area contributed by atoms with Crippen molar-refractivity contribution in [1.82, 2.24) is 16.0 Å². The van der Waals surface area contributed by atoms with E-state index in [-0.39, 0.29) is 5.82 Å². The van der Waals surface area contributed by atoms with Crippen molar-refractivity contribution in [2.45, 2.75) is 38.4 Å². The zero-order valence-corrected chi connectivity index (χ0v) is 16.5. The standard InChI is InChI=1S/C21H28FN5O/c1-13-11-17(24-2)27-21(23,26-13)16-12-15-6-4-10-28-20(15)18(19(16)22)14-5-3-8-25-9-7-14/h7,11-12,25-26H,3-6,8-10,23H2,1-2H3,(H,24,27). The van der Waals surface area contributed by atoms with Gasteiger partial charge in [-0.1, -0.05) is 6.08 Å². The molecule has 1 unspecified atom stereocenters. The molecule has 7 heteroatoms. The average molecular weight is 385 g/mol. The molecule has 5 N–H and O–H groups in total. The Kier molecular flexibility index (Phi) is 5.12. The largest absolute Gasteiger partial charge is 0.493 e. The van der Waals surface area contributed by atoms with Gasteiger partial charge < -0.3 is 20.7 Å². The van der Waals surface area contributed by atoms with Crippen molar-refractivity contribution < 1.29 is 9.13 Å². The predicted molar refractivity (Wildman–Crippen MR) is 110 cm³/mol. The van der Waals surface area contributed by atoms with E-state index in [4.69, 9.17) is 10.5 Å². The lowest BCUT2D eigenvalue weighted by atomic mass is 9.89. The molecule has 1 aromatic rings. The van der Waals surface area contributed by atoms with Crippen LogP contribution in [0.3, 0.4) is 0 Å². The van der Waals surface area contributed by atoms with Gasteiger partial charge in [0.25, 0.3) is 0 Å². The molecule has 0 amide bonds. The van der Waals surface area contributed by atoms with Crippen molar-refractivity contribution >= 4 is 11.4 Å². The third-order valence-corrected chi connectivity index (χ3v) is 5.45. The molecule has 28 heavy (non-hydrogen) atoms. The van der Waals surface area contributed by atoms with Gasteiger partial charge in [0, 0.05) is 19.3 Å². The van der Waals surface area contributed by atoms with Gasteiger partial charge in [0.15, 0.2) is 0 Å². The molecule has 1 atom stereocenters. The minimum absolute atomic E-state index is 0.349. The van der Waals surface area contributed by atoms with Crippen LogP contribution in [0, 0.1) is 5.82 Å². The second kappa shape index (κ2) is 7.56. The number of fused-ring (bicyclic) bond motifs is 1. The van der Waals surface area contributed by atoms with E-state index >= 15 is 4.39 Å². The molecule has 0 saturated carbocycles. The molecule has 0 radical (unpaired) electrons. The Balaban J connectivity index is 1.90. The van der Waals surface area contributed by atoms with Crippen molar-refractivity contribution in [2.24, 2.45) is 10.7 Å². The fourth-order valence-electron chi connectivity index (χ4n) is 4.13. The summed E-state index contributed by atoms with van der Waals surface area (Å²) in [4.78, 5) is 4.55. The number of aryl methyl sites for hydroxylation is 1. The summed E-state index contributed by atoms with van der Waals surface area (Å²) in [7, 11) is 1.78. The second-order valence-corrected chi connectivity index (χ2v) is 7.56. The van der Waals surface area contributed by atoms with E-state index in [0.29, 0.717) is 29.3 Å². The first-order valence-electron chi connectivity index (χ1n) is 9.93. The first-order valence-corrected chi connectivity index (χ1v) is 9.93. The molecular weight excluding hydrogens is 357 g/mol. The van der Waals surface area contributed by atoms with Crippen LogP contribution in [0.2, 0.25) is 0 Å². The predicted octanol–water partition coefficient (Wildman–Crippen LogP) is 2.11. The molecule has 150 valence electrons. The van der Waals surface area contributed by atoms with E-state index in [0.717, 1.165) is 55.6 Å². The number of nitrogens with one attached hydrogen (secondary N) is 3. The number of nitrogens with zero attached hydrogens (tertiary/aromatic N) is 1. The van der Waals surface area contributed by atoms with Crippen LogP contribution in [0.5, 0.6) is 5.75 Å². The topological polar surface area (TPSA) is 83.7 Å². The first-order chi connectivity index (χ1) is 13.5. The Morgan fingerprint density at radius 3 is 3.00 bits per heavy atom. The normalized spacial score (nSPS) is 24.6. The maximum absolute atomic E-state index is 16.0. The lowest BCUT2D eigenvalue weighted by molar-refractivity contribution is 0.283. The summed E-state index contributed by atoms with van der Waals surface area (Å²) in [5.74, 6) is -0.430. The highest BCUT2D eigenvalue weighted by Crippen LogP contribution is 2.41. The van der Waals surface area contributed by atoms with Gasteiger partial charge >= 0.3 is 0 Å². The number of benzene rings is 1. The van der Waals surface area contributed by atoms with Crippen LogP contribution in [0.1, 0.15) is 42.9 Å². The highest BCUT2D eigenvalue weighted by Gasteiger charge is 2.36. The molecule has 3 aliphatic rings. The quantitative estimate of drug-likeness (QED) is 0.627. The van der Waals surface area contributed by atoms with E-state index in [1.807, 2.05) is 19.1 Å². The van der Waals surface area contributed by atoms with Crippen LogP contribution in [-0.4, -0.2) is 32.6 Å². The van der Waals surface area contributed by atoms with Crippen LogP contribution in [0.4, 0.5) is 4.39 Å². The summed E-state index contributed by atoms with van der Waals surface area (Å²) >= 11 is 0. The fourth-order valence-corrected chi connectivity index (χ4v) is 4.13. The van der Waals surface area contributed by atoms with E-state index in [1.165, 1.54) is 0 Å². The summed E-state index contributed by atoms with van der Waals surface area (Å²) in [6.07, 6.45) is 7.43. The first kappa shape index (κ1) is 19.0. The maximum Gasteiger partial charge on any atom is 0.214 e. The lowest BCUT2D eigenvalue weighted by Gasteiger charge is -2.34. The number of allylic oxidation sites excluding steroid dienone is 2. The number of amidine groups is 1. The average Bonchev–Trinajstić information content (AvgIpc) is 2.96. The molecule has 0 bridgehead atoms. The maximum atomic E-state index is 16.0. The van der Waals surface area contributed by atoms with Gasteiger partial charge in [-0.25, -0.2) is 9.38 Å². The molecule has 3 aliphatic heterocycles. The summed E-state index contributed by atoms with van der Waals surface area (Å²) < 4.78 is 21.9. The number of hydrogen-bond acceptors (Lipinski definition) is 6. The van der Waals surface area contributed by atoms with Crippen molar-refractivity contribution in [3.05, 3.63) is 46.4 Å². The van der Waals surface area contributed by atoms with Gasteiger partial charge in [-0.05, 0) is 62.4 Å². The number of rotatable bonds is 2. The van der Waals surface area contributed by atoms with Crippen LogP contribution < -0.4 is 26.4 Å². The van der Waals surface area contributed by atoms with E-state index in [9.17, 15) is 0 Å². The molecule has 3 heterocycles. The summed E-state index contributed by atoms with van der Waals surface area (Å²) in [6, 6.07) is 1.82. The van der Waals surface area contributed by atoms with Gasteiger partial charge in [0.1, 0.15) is 17.4 Å². The Hall–Kier alpha value is -2.38. The molecule has 0 fully saturated rings. The summed E-state index contributed by atoms with van der Waals surface area (Å²) in [5.41, 5.74) is 10.3. The van der Waals surface area contributed by atoms with Crippen LogP contribution in [0.25, 0.3) is 5.57 Å². The minimum Gasteiger partial charge on any atom is -0.493 e. The van der Waals surface area contributed by atoms with Gasteiger partial charge in [0.2, 0.25) is 5.79 Å². The zero-order valence-electron chi connectivity index (χ0n) is 16.5. The van der Waals surface area contributed by atoms with Crippen molar-refractivity contribution in [3.63, 3.8) is 0 Å². The monoisotopic (exact) mass is 385 g/mol. The molecule has 0 aliphatic carbocycles. The second-order valence-electron chi connectivity index (χ2n) is 7.56. The molecule has 1 aromatic carbocycles. The number of aliphatic imine (C=N–C) groups is 1. The molecule has 0 spiro atoms. The highest BCUT2D eigenvalue weighted by atomic mass is 19.1. The third-order valence-electron chi connectivity index (χ3n) is 5.45. The Morgan fingerprint density at radius 1 is 1.32 bits per heavy atom. The number of nitrogens with two attached hydrogens (primary N) is 1. The van der Waals surface area contributed by atoms with Gasteiger partial charge in [-0.2, -0.15) is 0 Å². The highest BCUT2D eigenvalue weighted by molar-refractivity contribution is 5.94. The third kappa shape index (κ3) is 3.40. The zero-order chi connectivity index (χ0) is 19.7. The Bertz CT molecular complexity index is 876. The van der Waals surface area contributed by atoms with Crippen molar-refractivity contribution in [3.8, 4) is 5.75 Å². The molecule has 6 nitrogen and oxygen atoms in total. The Labute approximate surface area is 165 Å². The summed E-state index contributed by atoms with van der Waals surface area (Å²) in [5, 5.41) is 9.51. The van der Waals surface area contributed by atoms with E-state index < -0.39 is 5.79 Å². The van der Waals surface area contributed by atoms with Crippen LogP contribution in [0.15, 0.2) is 28.9 Å². The molecular formula is C21H28FN5O. The molecule has 4 rings (SSSR count). The SMILES string of the molecule is CNC1=NC(N)(c2cc3c(c(C4=CCNCCC4)c2F)OCCC3)NC(C)=C1. The minimum atomic E-state index is -1.37. The lowest BCUT2D eigenvalue weighted by Crippen LogP contribution is -2.52. The number of halogens is 1. The van der Waals surface area contributed by atoms with Crippen molar-refractivity contribution in [2.75, 3.05) is 26.7 Å². The van der Waals surface area contributed by atoms with Gasteiger partial charge in [-0.15, -0.1) is 0 Å². The smallest absolute Gasteiger partial charge is 0.214 e. The summed E-state index contributed by atoms with van der Waals surface area (Å²) in [6.45, 7) is 4.16. The van der Waals surface area contributed by atoms with Crippen LogP contribution >= 0.6 is 0 Å². The van der Waals surface area contributed by atoms with E-state index in [2.05, 4.69) is 27.0 Å². The molecule has 0 saturated heterocycles. The van der Waals surface area contributed by atoms with Crippen LogP contribution in [-0.2, 0) is 12.2 Å². The number of hydrogen-bond donors (Lipinski definition) is 4. The van der Waals surface area contributed by atoms with Gasteiger partial charge in [-0.3, -0.25) is 5.73 Å². The fraction of sp³-hybridized carbons (Fsp3) is 0.476. The van der Waals surface area contributed by atoms with Gasteiger partial charge in [0.05, 0.1) is 17.7 Å². The van der Waals surface area contributed by atoms with E-state index in [1.54, 1.807) is 7.05 Å². The van der Waals surface area contributed by atoms with Crippen molar-refractivity contribution in [1.29, 1.82) is 0 Å². The number of likely N-dealkylation sites (N-methyl/N-ethyl adjacent to an activating group) is 1. The number of ether oxygens (including phenoxy) is 1.